The second-order valence-corrected chi connectivity index (χ2v) is 4.90. The molecule has 7 nitrogen and oxygen atoms in total. The van der Waals surface area contributed by atoms with Crippen LogP contribution in [0.25, 0.3) is 11.4 Å². The predicted octanol–water partition coefficient (Wildman–Crippen LogP) is 1.54. The smallest absolute Gasteiger partial charge is 0.358 e. The molecule has 0 atom stereocenters. The molecule has 0 saturated heterocycles. The van der Waals surface area contributed by atoms with E-state index in [1.54, 1.807) is 36.1 Å². The summed E-state index contributed by atoms with van der Waals surface area (Å²) in [5.41, 5.74) is 2.53. The van der Waals surface area contributed by atoms with E-state index < -0.39 is 5.97 Å². The summed E-state index contributed by atoms with van der Waals surface area (Å²) in [6, 6.07) is 5.29. The number of carbonyl (C=O) groups is 1. The van der Waals surface area contributed by atoms with E-state index in [0.717, 1.165) is 4.88 Å². The summed E-state index contributed by atoms with van der Waals surface area (Å²) >= 11 is 1.47. The van der Waals surface area contributed by atoms with Crippen LogP contribution in [0.1, 0.15) is 15.4 Å². The second kappa shape index (κ2) is 5.17. The van der Waals surface area contributed by atoms with Crippen LogP contribution in [0, 0.1) is 0 Å². The number of carboxylic acid groups (broad SMARTS) is 1. The molecule has 0 amide bonds. The lowest BCUT2D eigenvalue weighted by Crippen LogP contribution is -2.06. The van der Waals surface area contributed by atoms with Gasteiger partial charge in [-0.15, -0.1) is 16.4 Å². The maximum atomic E-state index is 11.3. The van der Waals surface area contributed by atoms with Crippen LogP contribution >= 0.6 is 11.3 Å². The first kappa shape index (κ1) is 12.4. The van der Waals surface area contributed by atoms with Gasteiger partial charge >= 0.3 is 5.97 Å². The van der Waals surface area contributed by atoms with Gasteiger partial charge in [-0.3, -0.25) is 9.97 Å². The molecule has 0 aliphatic heterocycles. The van der Waals surface area contributed by atoms with E-state index in [1.807, 2.05) is 0 Å². The molecule has 3 rings (SSSR count). The van der Waals surface area contributed by atoms with E-state index in [9.17, 15) is 9.90 Å². The molecule has 1 N–H and O–H groups in total. The number of aromatic nitrogens is 5. The number of rotatable bonds is 4. The Balaban J connectivity index is 2.09. The molecule has 0 radical (unpaired) electrons. The zero-order valence-electron chi connectivity index (χ0n) is 10.2. The highest BCUT2D eigenvalue weighted by Crippen LogP contribution is 2.21. The standard InChI is InChI=1S/C12H9N5O2S/c18-12(19)10-11(9-3-1-2-4-14-9)17(16-15-10)6-8-5-13-7-20-8/h1-5,7H,6H2,(H,18,19). The lowest BCUT2D eigenvalue weighted by Gasteiger charge is -2.04. The highest BCUT2D eigenvalue weighted by atomic mass is 32.1. The topological polar surface area (TPSA) is 93.8 Å². The zero-order valence-corrected chi connectivity index (χ0v) is 11.0. The van der Waals surface area contributed by atoms with Crippen molar-refractivity contribution in [1.29, 1.82) is 0 Å². The molecule has 0 saturated carbocycles. The molecule has 3 heterocycles. The molecule has 0 fully saturated rings. The lowest BCUT2D eigenvalue weighted by molar-refractivity contribution is 0.0691. The van der Waals surface area contributed by atoms with Gasteiger partial charge in [0.2, 0.25) is 0 Å². The normalized spacial score (nSPS) is 10.6. The van der Waals surface area contributed by atoms with E-state index in [2.05, 4.69) is 20.3 Å². The zero-order chi connectivity index (χ0) is 13.9. The molecule has 0 aliphatic carbocycles. The van der Waals surface area contributed by atoms with Gasteiger partial charge < -0.3 is 5.11 Å². The van der Waals surface area contributed by atoms with E-state index in [4.69, 9.17) is 0 Å². The Morgan fingerprint density at radius 1 is 1.40 bits per heavy atom. The number of hydrogen-bond donors (Lipinski definition) is 1. The summed E-state index contributed by atoms with van der Waals surface area (Å²) in [5.74, 6) is -1.12. The Morgan fingerprint density at radius 3 is 2.95 bits per heavy atom. The fourth-order valence-corrected chi connectivity index (χ4v) is 2.37. The first-order valence-electron chi connectivity index (χ1n) is 5.71. The summed E-state index contributed by atoms with van der Waals surface area (Å²) in [6.45, 7) is 0.414. The molecular formula is C12H9N5O2S. The van der Waals surface area contributed by atoms with Crippen molar-refractivity contribution in [2.45, 2.75) is 6.54 Å². The van der Waals surface area contributed by atoms with Gasteiger partial charge in [0.1, 0.15) is 5.69 Å². The Kier molecular flexibility index (Phi) is 3.21. The average molecular weight is 287 g/mol. The van der Waals surface area contributed by atoms with E-state index in [-0.39, 0.29) is 5.69 Å². The van der Waals surface area contributed by atoms with Crippen molar-refractivity contribution in [2.75, 3.05) is 0 Å². The van der Waals surface area contributed by atoms with Crippen LogP contribution in [0.15, 0.2) is 36.1 Å². The largest absolute Gasteiger partial charge is 0.476 e. The third-order valence-electron chi connectivity index (χ3n) is 2.63. The number of carboxylic acids is 1. The third kappa shape index (κ3) is 2.28. The van der Waals surface area contributed by atoms with Gasteiger partial charge in [-0.2, -0.15) is 0 Å². The van der Waals surface area contributed by atoms with Crippen LogP contribution in [0.2, 0.25) is 0 Å². The minimum atomic E-state index is -1.12. The first-order valence-corrected chi connectivity index (χ1v) is 6.59. The monoisotopic (exact) mass is 287 g/mol. The number of pyridine rings is 1. The van der Waals surface area contributed by atoms with Gasteiger partial charge in [0.15, 0.2) is 5.69 Å². The van der Waals surface area contributed by atoms with Crippen molar-refractivity contribution in [3.8, 4) is 11.4 Å². The summed E-state index contributed by atoms with van der Waals surface area (Å²) in [7, 11) is 0. The molecule has 0 spiro atoms. The van der Waals surface area contributed by atoms with Crippen LogP contribution in [0.3, 0.4) is 0 Å². The van der Waals surface area contributed by atoms with Crippen LogP contribution < -0.4 is 0 Å². The van der Waals surface area contributed by atoms with Gasteiger partial charge in [0.05, 0.1) is 17.7 Å². The maximum Gasteiger partial charge on any atom is 0.358 e. The van der Waals surface area contributed by atoms with Gasteiger partial charge in [-0.1, -0.05) is 11.3 Å². The van der Waals surface area contributed by atoms with Gasteiger partial charge in [0, 0.05) is 17.3 Å². The maximum absolute atomic E-state index is 11.3. The van der Waals surface area contributed by atoms with Gasteiger partial charge in [-0.05, 0) is 12.1 Å². The highest BCUT2D eigenvalue weighted by Gasteiger charge is 2.21. The minimum absolute atomic E-state index is 0.104. The van der Waals surface area contributed by atoms with Crippen LogP contribution in [-0.4, -0.2) is 36.0 Å². The van der Waals surface area contributed by atoms with Crippen LogP contribution in [0.5, 0.6) is 0 Å². The molecule has 3 aromatic rings. The Hall–Kier alpha value is -2.61. The van der Waals surface area contributed by atoms with E-state index >= 15 is 0 Å². The fraction of sp³-hybridized carbons (Fsp3) is 0.0833. The molecule has 8 heteroatoms. The fourth-order valence-electron chi connectivity index (χ4n) is 1.79. The summed E-state index contributed by atoms with van der Waals surface area (Å²) in [6.07, 6.45) is 3.32. The number of aromatic carboxylic acids is 1. The minimum Gasteiger partial charge on any atom is -0.476 e. The third-order valence-corrected chi connectivity index (χ3v) is 3.40. The highest BCUT2D eigenvalue weighted by molar-refractivity contribution is 7.09. The summed E-state index contributed by atoms with van der Waals surface area (Å²) < 4.78 is 1.53. The molecule has 3 aromatic heterocycles. The van der Waals surface area contributed by atoms with Gasteiger partial charge in [-0.25, -0.2) is 9.48 Å². The van der Waals surface area contributed by atoms with Crippen molar-refractivity contribution < 1.29 is 9.90 Å². The molecule has 20 heavy (non-hydrogen) atoms. The molecular weight excluding hydrogens is 278 g/mol. The van der Waals surface area contributed by atoms with Crippen molar-refractivity contribution in [3.05, 3.63) is 46.7 Å². The SMILES string of the molecule is O=C(O)c1nnn(Cc2cncs2)c1-c1ccccn1. The van der Waals surface area contributed by atoms with Crippen molar-refractivity contribution >= 4 is 17.3 Å². The molecule has 0 aromatic carbocycles. The summed E-state index contributed by atoms with van der Waals surface area (Å²) in [4.78, 5) is 20.4. The number of hydrogen-bond acceptors (Lipinski definition) is 6. The Labute approximate surface area is 117 Å². The average Bonchev–Trinajstić information content (AvgIpc) is 3.09. The number of nitrogens with zero attached hydrogens (tertiary/aromatic N) is 5. The van der Waals surface area contributed by atoms with E-state index in [1.165, 1.54) is 16.0 Å². The second-order valence-electron chi connectivity index (χ2n) is 3.93. The first-order chi connectivity index (χ1) is 9.75. The molecule has 0 unspecified atom stereocenters. The molecule has 100 valence electrons. The van der Waals surface area contributed by atoms with Crippen LogP contribution in [-0.2, 0) is 6.54 Å². The van der Waals surface area contributed by atoms with Crippen LogP contribution in [0.4, 0.5) is 0 Å². The van der Waals surface area contributed by atoms with Crippen molar-refractivity contribution in [1.82, 2.24) is 25.0 Å². The predicted molar refractivity (Wildman–Crippen MR) is 71.4 cm³/mol. The quantitative estimate of drug-likeness (QED) is 0.782. The number of thiazole rings is 1. The van der Waals surface area contributed by atoms with E-state index in [0.29, 0.717) is 17.9 Å². The lowest BCUT2D eigenvalue weighted by atomic mass is 10.2. The van der Waals surface area contributed by atoms with Crippen molar-refractivity contribution in [3.63, 3.8) is 0 Å². The molecule has 0 aliphatic rings. The van der Waals surface area contributed by atoms with Crippen molar-refractivity contribution in [2.24, 2.45) is 0 Å². The Morgan fingerprint density at radius 2 is 2.30 bits per heavy atom. The Bertz CT molecular complexity index is 724. The van der Waals surface area contributed by atoms with Gasteiger partial charge in [0.25, 0.3) is 0 Å². The summed E-state index contributed by atoms with van der Waals surface area (Å²) in [5, 5.41) is 16.9. The molecule has 0 bridgehead atoms.